The van der Waals surface area contributed by atoms with Crippen molar-refractivity contribution in [2.45, 2.75) is 18.6 Å². The van der Waals surface area contributed by atoms with Gasteiger partial charge in [-0.2, -0.15) is 5.26 Å². The van der Waals surface area contributed by atoms with Crippen molar-refractivity contribution in [2.75, 3.05) is 0 Å². The van der Waals surface area contributed by atoms with Gasteiger partial charge in [0.2, 0.25) is 0 Å². The lowest BCUT2D eigenvalue weighted by Crippen LogP contribution is -2.05. The topological polar surface area (TPSA) is 36.3 Å². The molecule has 2 heteroatoms. The van der Waals surface area contributed by atoms with Gasteiger partial charge in [0.15, 0.2) is 6.10 Å². The van der Waals surface area contributed by atoms with E-state index in [4.69, 9.17) is 10.00 Å². The first-order valence-electron chi connectivity index (χ1n) is 3.90. The Morgan fingerprint density at radius 2 is 2.08 bits per heavy atom. The molecule has 0 saturated carbocycles. The number of nitriles is 1. The summed E-state index contributed by atoms with van der Waals surface area (Å²) in [6, 6.07) is 11.9. The quantitative estimate of drug-likeness (QED) is 0.586. The highest BCUT2D eigenvalue weighted by molar-refractivity contribution is 5.31. The van der Waals surface area contributed by atoms with Gasteiger partial charge < -0.3 is 4.74 Å². The fourth-order valence-corrected chi connectivity index (χ4v) is 1.35. The summed E-state index contributed by atoms with van der Waals surface area (Å²) < 4.78 is 5.28. The van der Waals surface area contributed by atoms with Crippen molar-refractivity contribution in [1.29, 1.82) is 5.26 Å². The van der Waals surface area contributed by atoms with Crippen LogP contribution in [0.4, 0.5) is 0 Å². The van der Waals surface area contributed by atoms with Crippen LogP contribution in [0.3, 0.4) is 0 Å². The molecule has 0 unspecified atom stereocenters. The maximum Gasteiger partial charge on any atom is 0.178 e. The largest absolute Gasteiger partial charge is 0.345 e. The molecule has 1 aliphatic heterocycles. The van der Waals surface area contributed by atoms with E-state index in [2.05, 4.69) is 6.07 Å². The molecule has 0 bridgehead atoms. The second kappa shape index (κ2) is 2.33. The molecule has 0 aromatic heterocycles. The van der Waals surface area contributed by atoms with Crippen molar-refractivity contribution in [3.05, 3.63) is 35.9 Å². The molecule has 1 heterocycles. The van der Waals surface area contributed by atoms with Gasteiger partial charge in [-0.1, -0.05) is 30.3 Å². The van der Waals surface area contributed by atoms with E-state index < -0.39 is 0 Å². The molecule has 0 amide bonds. The predicted molar refractivity (Wildman–Crippen MR) is 44.3 cm³/mol. The number of benzene rings is 1. The summed E-state index contributed by atoms with van der Waals surface area (Å²) in [6.07, 6.45) is -0.264. The summed E-state index contributed by atoms with van der Waals surface area (Å²) >= 11 is 0. The Labute approximate surface area is 71.4 Å². The fourth-order valence-electron chi connectivity index (χ4n) is 1.35. The van der Waals surface area contributed by atoms with Gasteiger partial charge in [-0.05, 0) is 12.5 Å². The Balaban J connectivity index is 2.30. The van der Waals surface area contributed by atoms with Crippen LogP contribution in [-0.2, 0) is 10.3 Å². The molecular weight excluding hydrogens is 150 g/mol. The first kappa shape index (κ1) is 7.33. The number of hydrogen-bond donors (Lipinski definition) is 0. The van der Waals surface area contributed by atoms with E-state index in [1.807, 2.05) is 37.3 Å². The molecule has 1 fully saturated rings. The average molecular weight is 159 g/mol. The molecular formula is C10H9NO. The molecule has 0 radical (unpaired) electrons. The van der Waals surface area contributed by atoms with Crippen molar-refractivity contribution >= 4 is 0 Å². The highest BCUT2D eigenvalue weighted by Gasteiger charge is 2.54. The number of epoxide rings is 1. The highest BCUT2D eigenvalue weighted by Crippen LogP contribution is 2.45. The minimum atomic E-state index is -0.351. The summed E-state index contributed by atoms with van der Waals surface area (Å²) in [5.74, 6) is 0. The van der Waals surface area contributed by atoms with Gasteiger partial charge >= 0.3 is 0 Å². The maximum atomic E-state index is 8.63. The summed E-state index contributed by atoms with van der Waals surface area (Å²) in [4.78, 5) is 0. The van der Waals surface area contributed by atoms with Crippen LogP contribution in [0.15, 0.2) is 30.3 Å². The van der Waals surface area contributed by atoms with Gasteiger partial charge in [-0.3, -0.25) is 0 Å². The molecule has 2 nitrogen and oxygen atoms in total. The lowest BCUT2D eigenvalue weighted by molar-refractivity contribution is 0.321. The number of rotatable bonds is 1. The Bertz CT molecular complexity index is 327. The Kier molecular flexibility index (Phi) is 1.42. The van der Waals surface area contributed by atoms with Crippen molar-refractivity contribution in [2.24, 2.45) is 0 Å². The monoisotopic (exact) mass is 159 g/mol. The fraction of sp³-hybridized carbons (Fsp3) is 0.300. The number of ether oxygens (including phenoxy) is 1. The minimum Gasteiger partial charge on any atom is -0.345 e. The second-order valence-electron chi connectivity index (χ2n) is 3.10. The Morgan fingerprint density at radius 3 is 2.58 bits per heavy atom. The normalized spacial score (nSPS) is 32.5. The van der Waals surface area contributed by atoms with Gasteiger partial charge in [0.05, 0.1) is 6.07 Å². The third-order valence-electron chi connectivity index (χ3n) is 2.27. The molecule has 1 saturated heterocycles. The van der Waals surface area contributed by atoms with E-state index in [9.17, 15) is 0 Å². The lowest BCUT2D eigenvalue weighted by Gasteiger charge is -2.03. The molecule has 2 atom stereocenters. The van der Waals surface area contributed by atoms with E-state index in [1.165, 1.54) is 0 Å². The van der Waals surface area contributed by atoms with Crippen LogP contribution in [0.1, 0.15) is 12.5 Å². The second-order valence-corrected chi connectivity index (χ2v) is 3.10. The molecule has 0 aliphatic carbocycles. The number of hydrogen-bond acceptors (Lipinski definition) is 2. The zero-order valence-corrected chi connectivity index (χ0v) is 6.82. The van der Waals surface area contributed by atoms with Crippen LogP contribution >= 0.6 is 0 Å². The zero-order valence-electron chi connectivity index (χ0n) is 6.82. The predicted octanol–water partition coefficient (Wildman–Crippen LogP) is 1.82. The first-order chi connectivity index (χ1) is 5.77. The van der Waals surface area contributed by atoms with Crippen molar-refractivity contribution < 1.29 is 4.74 Å². The Hall–Kier alpha value is -1.33. The van der Waals surface area contributed by atoms with Gasteiger partial charge in [-0.15, -0.1) is 0 Å². The standard InChI is InChI=1S/C10H9NO/c1-10(9(7-11)12-10)8-5-3-2-4-6-8/h2-6,9H,1H3/t9-,10+/m1/s1. The lowest BCUT2D eigenvalue weighted by atomic mass is 9.98. The van der Waals surface area contributed by atoms with Crippen LogP contribution in [0.25, 0.3) is 0 Å². The van der Waals surface area contributed by atoms with Crippen LogP contribution in [0.5, 0.6) is 0 Å². The molecule has 0 N–H and O–H groups in total. The Morgan fingerprint density at radius 1 is 1.42 bits per heavy atom. The van der Waals surface area contributed by atoms with Crippen molar-refractivity contribution in [1.82, 2.24) is 0 Å². The minimum absolute atomic E-state index is 0.264. The van der Waals surface area contributed by atoms with E-state index in [0.29, 0.717) is 0 Å². The molecule has 2 rings (SSSR count). The zero-order chi connectivity index (χ0) is 8.60. The summed E-state index contributed by atoms with van der Waals surface area (Å²) in [7, 11) is 0. The van der Waals surface area contributed by atoms with Crippen LogP contribution in [0, 0.1) is 11.3 Å². The third kappa shape index (κ3) is 0.910. The van der Waals surface area contributed by atoms with E-state index in [0.717, 1.165) is 5.56 Å². The highest BCUT2D eigenvalue weighted by atomic mass is 16.6. The molecule has 1 aromatic rings. The molecule has 0 spiro atoms. The van der Waals surface area contributed by atoms with Gasteiger partial charge in [0.1, 0.15) is 5.60 Å². The van der Waals surface area contributed by atoms with Crippen LogP contribution < -0.4 is 0 Å². The first-order valence-corrected chi connectivity index (χ1v) is 3.90. The van der Waals surface area contributed by atoms with E-state index in [-0.39, 0.29) is 11.7 Å². The van der Waals surface area contributed by atoms with Gasteiger partial charge in [0.25, 0.3) is 0 Å². The average Bonchev–Trinajstić information content (AvgIpc) is 2.81. The molecule has 1 aliphatic rings. The van der Waals surface area contributed by atoms with Crippen molar-refractivity contribution in [3.63, 3.8) is 0 Å². The van der Waals surface area contributed by atoms with Crippen LogP contribution in [0.2, 0.25) is 0 Å². The van der Waals surface area contributed by atoms with Gasteiger partial charge in [-0.25, -0.2) is 0 Å². The SMILES string of the molecule is C[C@@]1(c2ccccc2)O[C@@H]1C#N. The maximum absolute atomic E-state index is 8.63. The van der Waals surface area contributed by atoms with E-state index in [1.54, 1.807) is 0 Å². The van der Waals surface area contributed by atoms with Crippen molar-refractivity contribution in [3.8, 4) is 6.07 Å². The van der Waals surface area contributed by atoms with Crippen LogP contribution in [-0.4, -0.2) is 6.10 Å². The summed E-state index contributed by atoms with van der Waals surface area (Å²) in [5, 5.41) is 8.63. The molecule has 1 aromatic carbocycles. The van der Waals surface area contributed by atoms with Gasteiger partial charge in [0, 0.05) is 0 Å². The smallest absolute Gasteiger partial charge is 0.178 e. The molecule has 60 valence electrons. The van der Waals surface area contributed by atoms with E-state index >= 15 is 0 Å². The summed E-state index contributed by atoms with van der Waals surface area (Å²) in [5.41, 5.74) is 0.729. The summed E-state index contributed by atoms with van der Waals surface area (Å²) in [6.45, 7) is 1.94. The molecule has 12 heavy (non-hydrogen) atoms. The number of nitrogens with zero attached hydrogens (tertiary/aromatic N) is 1. The third-order valence-corrected chi connectivity index (χ3v) is 2.27.